The van der Waals surface area contributed by atoms with E-state index in [0.29, 0.717) is 35.7 Å². The molecule has 1 amide bonds. The third-order valence-corrected chi connectivity index (χ3v) is 7.54. The minimum Gasteiger partial charge on any atom is -0.497 e. The van der Waals surface area contributed by atoms with Gasteiger partial charge in [0.05, 0.1) is 12.0 Å². The first kappa shape index (κ1) is 22.0. The molecule has 0 atom stereocenters. The van der Waals surface area contributed by atoms with E-state index in [9.17, 15) is 13.2 Å². The highest BCUT2D eigenvalue weighted by atomic mass is 32.2. The maximum atomic E-state index is 12.9. The Labute approximate surface area is 186 Å². The van der Waals surface area contributed by atoms with Gasteiger partial charge in [-0.05, 0) is 61.7 Å². The highest BCUT2D eigenvalue weighted by molar-refractivity contribution is 7.89. The second kappa shape index (κ2) is 9.09. The molecular formula is C22H24N4O5S. The summed E-state index contributed by atoms with van der Waals surface area (Å²) >= 11 is 0. The zero-order chi connectivity index (χ0) is 22.7. The van der Waals surface area contributed by atoms with Crippen molar-refractivity contribution in [3.05, 3.63) is 54.4 Å². The molecule has 4 rings (SSSR count). The Kier molecular flexibility index (Phi) is 6.24. The van der Waals surface area contributed by atoms with Crippen molar-refractivity contribution in [2.24, 2.45) is 5.92 Å². The van der Waals surface area contributed by atoms with E-state index in [4.69, 9.17) is 9.15 Å². The van der Waals surface area contributed by atoms with Crippen LogP contribution in [0.4, 0.5) is 5.69 Å². The quantitative estimate of drug-likeness (QED) is 0.606. The molecule has 32 heavy (non-hydrogen) atoms. The van der Waals surface area contributed by atoms with Crippen LogP contribution in [0.2, 0.25) is 0 Å². The number of ether oxygens (including phenoxy) is 1. The number of aromatic nitrogens is 2. The molecule has 0 unspecified atom stereocenters. The molecule has 168 valence electrons. The predicted octanol–water partition coefficient (Wildman–Crippen LogP) is 3.09. The molecule has 0 bridgehead atoms. The van der Waals surface area contributed by atoms with Gasteiger partial charge in [-0.25, -0.2) is 8.42 Å². The fraction of sp³-hybridized carbons (Fsp3) is 0.318. The van der Waals surface area contributed by atoms with Crippen LogP contribution < -0.4 is 10.1 Å². The average Bonchev–Trinajstić information content (AvgIpc) is 3.35. The number of amides is 1. The summed E-state index contributed by atoms with van der Waals surface area (Å²) in [7, 11) is -2.08. The molecule has 9 nitrogen and oxygen atoms in total. The smallest absolute Gasteiger partial charge is 0.247 e. The molecule has 0 radical (unpaired) electrons. The Morgan fingerprint density at radius 3 is 2.50 bits per heavy atom. The van der Waals surface area contributed by atoms with Gasteiger partial charge in [0.1, 0.15) is 5.75 Å². The van der Waals surface area contributed by atoms with E-state index in [1.165, 1.54) is 29.9 Å². The van der Waals surface area contributed by atoms with Crippen molar-refractivity contribution in [3.8, 4) is 17.2 Å². The van der Waals surface area contributed by atoms with Gasteiger partial charge in [-0.15, -0.1) is 10.2 Å². The normalized spacial score (nSPS) is 15.4. The number of benzene rings is 2. The number of methoxy groups -OCH3 is 1. The van der Waals surface area contributed by atoms with Crippen molar-refractivity contribution in [2.75, 3.05) is 25.5 Å². The van der Waals surface area contributed by atoms with Crippen molar-refractivity contribution in [2.45, 2.75) is 24.7 Å². The minimum atomic E-state index is -3.61. The van der Waals surface area contributed by atoms with E-state index in [0.717, 1.165) is 5.56 Å². The van der Waals surface area contributed by atoms with Gasteiger partial charge in [0.2, 0.25) is 28.2 Å². The number of carbonyl (C=O) groups is 1. The fourth-order valence-corrected chi connectivity index (χ4v) is 5.15. The lowest BCUT2D eigenvalue weighted by Crippen LogP contribution is -2.41. The molecule has 2 aromatic carbocycles. The zero-order valence-electron chi connectivity index (χ0n) is 17.8. The van der Waals surface area contributed by atoms with Crippen LogP contribution in [-0.2, 0) is 14.8 Å². The van der Waals surface area contributed by atoms with Crippen molar-refractivity contribution in [1.29, 1.82) is 0 Å². The maximum absolute atomic E-state index is 12.9. The van der Waals surface area contributed by atoms with Crippen molar-refractivity contribution < 1.29 is 22.4 Å². The van der Waals surface area contributed by atoms with Crippen LogP contribution in [-0.4, -0.2) is 49.0 Å². The second-order valence-corrected chi connectivity index (χ2v) is 9.55. The number of anilines is 1. The van der Waals surface area contributed by atoms with Crippen LogP contribution >= 0.6 is 0 Å². The molecule has 3 aromatic rings. The van der Waals surface area contributed by atoms with Crippen molar-refractivity contribution in [3.63, 3.8) is 0 Å². The Hall–Kier alpha value is -3.24. The molecule has 0 saturated carbocycles. The molecule has 1 saturated heterocycles. The summed E-state index contributed by atoms with van der Waals surface area (Å²) in [5.41, 5.74) is 2.28. The number of hydrogen-bond acceptors (Lipinski definition) is 7. The summed E-state index contributed by atoms with van der Waals surface area (Å²) in [6.45, 7) is 2.47. The maximum Gasteiger partial charge on any atom is 0.247 e. The lowest BCUT2D eigenvalue weighted by Gasteiger charge is -2.30. The number of piperidine rings is 1. The molecule has 1 aliphatic heterocycles. The molecule has 1 N–H and O–H groups in total. The van der Waals surface area contributed by atoms with Gasteiger partial charge in [0.15, 0.2) is 0 Å². The molecular weight excluding hydrogens is 432 g/mol. The van der Waals surface area contributed by atoms with Crippen LogP contribution in [0.3, 0.4) is 0 Å². The Bertz CT molecular complexity index is 1190. The molecule has 2 heterocycles. The number of aryl methyl sites for hydroxylation is 1. The predicted molar refractivity (Wildman–Crippen MR) is 118 cm³/mol. The summed E-state index contributed by atoms with van der Waals surface area (Å²) in [5, 5.41) is 10.5. The Morgan fingerprint density at radius 1 is 1.16 bits per heavy atom. The number of carbonyl (C=O) groups excluding carboxylic acids is 1. The fourth-order valence-electron chi connectivity index (χ4n) is 3.68. The Balaban J connectivity index is 1.40. The third-order valence-electron chi connectivity index (χ3n) is 5.62. The lowest BCUT2D eigenvalue weighted by atomic mass is 9.97. The van der Waals surface area contributed by atoms with Crippen LogP contribution in [0.5, 0.6) is 5.75 Å². The molecule has 10 heteroatoms. The summed E-state index contributed by atoms with van der Waals surface area (Å²) in [6, 6.07) is 11.8. The number of sulfonamides is 1. The van der Waals surface area contributed by atoms with Crippen LogP contribution in [0.1, 0.15) is 18.4 Å². The molecule has 1 aromatic heterocycles. The first-order valence-corrected chi connectivity index (χ1v) is 11.6. The molecule has 0 spiro atoms. The standard InChI is InChI=1S/C22H24N4O5S/c1-15-3-4-17(22-25-23-14-31-22)13-20(15)24-21(27)16-9-11-26(12-10-16)32(28,29)19-7-5-18(30-2)6-8-19/h3-8,13-14,16H,9-12H2,1-2H3,(H,24,27). The SMILES string of the molecule is COc1ccc(S(=O)(=O)N2CCC(C(=O)Nc3cc(-c4nnco4)ccc3C)CC2)cc1. The summed E-state index contributed by atoms with van der Waals surface area (Å²) in [6.07, 6.45) is 2.15. The third kappa shape index (κ3) is 4.51. The van der Waals surface area contributed by atoms with Crippen molar-refractivity contribution in [1.82, 2.24) is 14.5 Å². The van der Waals surface area contributed by atoms with Crippen LogP contribution in [0.15, 0.2) is 58.2 Å². The molecule has 0 aliphatic carbocycles. The van der Waals surface area contributed by atoms with Gasteiger partial charge in [-0.1, -0.05) is 6.07 Å². The summed E-state index contributed by atoms with van der Waals surface area (Å²) in [5.74, 6) is 0.566. The highest BCUT2D eigenvalue weighted by Gasteiger charge is 2.32. The van der Waals surface area contributed by atoms with Gasteiger partial charge in [-0.2, -0.15) is 4.31 Å². The minimum absolute atomic E-state index is 0.128. The summed E-state index contributed by atoms with van der Waals surface area (Å²) < 4.78 is 37.6. The Morgan fingerprint density at radius 2 is 1.88 bits per heavy atom. The largest absolute Gasteiger partial charge is 0.497 e. The van der Waals surface area contributed by atoms with Gasteiger partial charge in [0.25, 0.3) is 0 Å². The monoisotopic (exact) mass is 456 g/mol. The van der Waals surface area contributed by atoms with E-state index in [-0.39, 0.29) is 29.8 Å². The van der Waals surface area contributed by atoms with E-state index in [1.807, 2.05) is 19.1 Å². The first-order chi connectivity index (χ1) is 15.4. The number of nitrogens with zero attached hydrogens (tertiary/aromatic N) is 3. The van der Waals surface area contributed by atoms with E-state index in [1.54, 1.807) is 18.2 Å². The number of hydrogen-bond donors (Lipinski definition) is 1. The highest BCUT2D eigenvalue weighted by Crippen LogP contribution is 2.28. The zero-order valence-corrected chi connectivity index (χ0v) is 18.6. The number of rotatable bonds is 6. The van der Waals surface area contributed by atoms with Crippen LogP contribution in [0.25, 0.3) is 11.5 Å². The molecule has 1 fully saturated rings. The van der Waals surface area contributed by atoms with Gasteiger partial charge >= 0.3 is 0 Å². The van der Waals surface area contributed by atoms with E-state index < -0.39 is 10.0 Å². The van der Waals surface area contributed by atoms with Gasteiger partial charge in [0, 0.05) is 30.3 Å². The second-order valence-electron chi connectivity index (χ2n) is 7.62. The lowest BCUT2D eigenvalue weighted by molar-refractivity contribution is -0.120. The average molecular weight is 457 g/mol. The first-order valence-electron chi connectivity index (χ1n) is 10.2. The summed E-state index contributed by atoms with van der Waals surface area (Å²) in [4.78, 5) is 13.1. The van der Waals surface area contributed by atoms with Crippen LogP contribution in [0, 0.1) is 12.8 Å². The molecule has 1 aliphatic rings. The van der Waals surface area contributed by atoms with Crippen molar-refractivity contribution >= 4 is 21.6 Å². The van der Waals surface area contributed by atoms with Gasteiger partial charge in [-0.3, -0.25) is 4.79 Å². The van der Waals surface area contributed by atoms with Gasteiger partial charge < -0.3 is 14.5 Å². The number of nitrogens with one attached hydrogen (secondary N) is 1. The van der Waals surface area contributed by atoms with E-state index in [2.05, 4.69) is 15.5 Å². The van der Waals surface area contributed by atoms with E-state index >= 15 is 0 Å². The topological polar surface area (TPSA) is 115 Å².